The summed E-state index contributed by atoms with van der Waals surface area (Å²) in [4.78, 5) is 12.3. The molecule has 1 aromatic carbocycles. The van der Waals surface area contributed by atoms with Crippen molar-refractivity contribution in [2.75, 3.05) is 13.1 Å². The van der Waals surface area contributed by atoms with Gasteiger partial charge in [0, 0.05) is 4.47 Å². The number of rotatable bonds is 3. The smallest absolute Gasteiger partial charge is 0.217 e. The van der Waals surface area contributed by atoms with Crippen molar-refractivity contribution in [2.45, 2.75) is 18.9 Å². The number of hydrogen-bond acceptors (Lipinski definition) is 4. The number of hydrogen-bond donors (Lipinski definition) is 1. The number of benzene rings is 1. The lowest BCUT2D eigenvalue weighted by Crippen LogP contribution is -2.29. The number of ketones is 1. The predicted molar refractivity (Wildman–Crippen MR) is 78.7 cm³/mol. The number of halogens is 2. The van der Waals surface area contributed by atoms with Crippen molar-refractivity contribution < 1.29 is 9.18 Å². The summed E-state index contributed by atoms with van der Waals surface area (Å²) >= 11 is 3.24. The highest BCUT2D eigenvalue weighted by Crippen LogP contribution is 2.20. The van der Waals surface area contributed by atoms with E-state index in [0.717, 1.165) is 25.9 Å². The third-order valence-corrected chi connectivity index (χ3v) is 4.09. The Morgan fingerprint density at radius 3 is 2.90 bits per heavy atom. The van der Waals surface area contributed by atoms with Crippen LogP contribution in [0, 0.1) is 5.82 Å². The molecule has 0 bridgehead atoms. The number of aromatic nitrogens is 3. The summed E-state index contributed by atoms with van der Waals surface area (Å²) in [6.45, 7) is 1.85. The molecule has 2 aromatic rings. The van der Waals surface area contributed by atoms with Crippen molar-refractivity contribution in [3.63, 3.8) is 0 Å². The van der Waals surface area contributed by atoms with E-state index in [-0.39, 0.29) is 17.3 Å². The molecule has 0 unspecified atom stereocenters. The van der Waals surface area contributed by atoms with Crippen molar-refractivity contribution in [1.82, 2.24) is 20.3 Å². The molecule has 1 N–H and O–H groups in total. The van der Waals surface area contributed by atoms with E-state index in [0.29, 0.717) is 4.47 Å². The molecule has 0 atom stereocenters. The summed E-state index contributed by atoms with van der Waals surface area (Å²) in [5, 5.41) is 11.2. The molecule has 0 amide bonds. The molecular weight excluding hydrogens is 339 g/mol. The first kappa shape index (κ1) is 14.3. The number of carbonyl (C=O) groups excluding carboxylic acids is 1. The maximum atomic E-state index is 13.8. The Kier molecular flexibility index (Phi) is 4.12. The minimum absolute atomic E-state index is 0.00161. The third-order valence-electron chi connectivity index (χ3n) is 3.60. The van der Waals surface area contributed by atoms with E-state index in [1.165, 1.54) is 12.1 Å². The van der Waals surface area contributed by atoms with E-state index in [1.54, 1.807) is 16.9 Å². The van der Waals surface area contributed by atoms with Crippen molar-refractivity contribution in [2.24, 2.45) is 0 Å². The molecule has 0 aliphatic carbocycles. The first-order valence-corrected chi connectivity index (χ1v) is 7.57. The molecule has 5 nitrogen and oxygen atoms in total. The zero-order chi connectivity index (χ0) is 14.8. The summed E-state index contributed by atoms with van der Waals surface area (Å²) < 4.78 is 16.1. The molecule has 3 rings (SSSR count). The monoisotopic (exact) mass is 352 g/mol. The topological polar surface area (TPSA) is 59.8 Å². The lowest BCUT2D eigenvalue weighted by Gasteiger charge is -2.22. The quantitative estimate of drug-likeness (QED) is 0.861. The van der Waals surface area contributed by atoms with Gasteiger partial charge in [-0.25, -0.2) is 9.07 Å². The van der Waals surface area contributed by atoms with Gasteiger partial charge in [0.25, 0.3) is 0 Å². The minimum atomic E-state index is -0.556. The molecule has 1 aliphatic heterocycles. The van der Waals surface area contributed by atoms with E-state index in [9.17, 15) is 9.18 Å². The molecule has 110 valence electrons. The SMILES string of the molecule is O=C(c1cn(C2CCNCC2)nn1)c1cc(Br)ccc1F. The Morgan fingerprint density at radius 1 is 1.38 bits per heavy atom. The molecule has 21 heavy (non-hydrogen) atoms. The Bertz CT molecular complexity index is 667. The number of nitrogens with one attached hydrogen (secondary N) is 1. The second kappa shape index (κ2) is 6.03. The van der Waals surface area contributed by atoms with Gasteiger partial charge in [0.2, 0.25) is 5.78 Å². The molecular formula is C14H14BrFN4O. The van der Waals surface area contributed by atoms with Crippen LogP contribution in [-0.2, 0) is 0 Å². The molecule has 1 aromatic heterocycles. The highest BCUT2D eigenvalue weighted by molar-refractivity contribution is 9.10. The van der Waals surface area contributed by atoms with Crippen molar-refractivity contribution in [3.8, 4) is 0 Å². The van der Waals surface area contributed by atoms with Gasteiger partial charge < -0.3 is 5.32 Å². The van der Waals surface area contributed by atoms with Crippen LogP contribution in [0.3, 0.4) is 0 Å². The van der Waals surface area contributed by atoms with E-state index in [2.05, 4.69) is 31.6 Å². The van der Waals surface area contributed by atoms with Gasteiger partial charge in [0.05, 0.1) is 17.8 Å². The van der Waals surface area contributed by atoms with Crippen molar-refractivity contribution in [1.29, 1.82) is 0 Å². The number of nitrogens with zero attached hydrogens (tertiary/aromatic N) is 3. The van der Waals surface area contributed by atoms with Crippen LogP contribution in [0.4, 0.5) is 4.39 Å². The first-order valence-electron chi connectivity index (χ1n) is 6.77. The number of piperidine rings is 1. The van der Waals surface area contributed by atoms with Gasteiger partial charge in [0.1, 0.15) is 5.82 Å². The van der Waals surface area contributed by atoms with Crippen molar-refractivity contribution in [3.05, 3.63) is 45.9 Å². The third kappa shape index (κ3) is 3.03. The van der Waals surface area contributed by atoms with Crippen LogP contribution in [0.25, 0.3) is 0 Å². The largest absolute Gasteiger partial charge is 0.317 e. The van der Waals surface area contributed by atoms with Crippen LogP contribution in [0.5, 0.6) is 0 Å². The highest BCUT2D eigenvalue weighted by Gasteiger charge is 2.21. The zero-order valence-corrected chi connectivity index (χ0v) is 12.8. The van der Waals surface area contributed by atoms with E-state index in [1.807, 2.05) is 0 Å². The fraction of sp³-hybridized carbons (Fsp3) is 0.357. The Balaban J connectivity index is 1.85. The summed E-state index contributed by atoms with van der Waals surface area (Å²) in [7, 11) is 0. The average molecular weight is 353 g/mol. The normalized spacial score (nSPS) is 16.1. The average Bonchev–Trinajstić information content (AvgIpc) is 3.00. The lowest BCUT2D eigenvalue weighted by atomic mass is 10.1. The van der Waals surface area contributed by atoms with Gasteiger partial charge in [-0.2, -0.15) is 0 Å². The van der Waals surface area contributed by atoms with E-state index < -0.39 is 11.6 Å². The first-order chi connectivity index (χ1) is 10.1. The predicted octanol–water partition coefficient (Wildman–Crippen LogP) is 2.34. The second-order valence-corrected chi connectivity index (χ2v) is 5.93. The molecule has 0 spiro atoms. The van der Waals surface area contributed by atoms with Gasteiger partial charge in [-0.05, 0) is 44.1 Å². The minimum Gasteiger partial charge on any atom is -0.317 e. The van der Waals surface area contributed by atoms with Gasteiger partial charge in [-0.3, -0.25) is 4.79 Å². The summed E-state index contributed by atoms with van der Waals surface area (Å²) in [6.07, 6.45) is 3.50. The molecule has 1 fully saturated rings. The van der Waals surface area contributed by atoms with Crippen molar-refractivity contribution >= 4 is 21.7 Å². The lowest BCUT2D eigenvalue weighted by molar-refractivity contribution is 0.103. The molecule has 1 saturated heterocycles. The van der Waals surface area contributed by atoms with Crippen LogP contribution in [0.15, 0.2) is 28.9 Å². The Labute approximate surface area is 129 Å². The van der Waals surface area contributed by atoms with Crippen LogP contribution in [0.2, 0.25) is 0 Å². The van der Waals surface area contributed by atoms with Gasteiger partial charge in [-0.15, -0.1) is 5.10 Å². The Morgan fingerprint density at radius 2 is 2.14 bits per heavy atom. The van der Waals surface area contributed by atoms with Gasteiger partial charge in [0.15, 0.2) is 5.69 Å². The molecule has 7 heteroatoms. The maximum absolute atomic E-state index is 13.8. The van der Waals surface area contributed by atoms with Crippen LogP contribution < -0.4 is 5.32 Å². The molecule has 2 heterocycles. The maximum Gasteiger partial charge on any atom is 0.217 e. The van der Waals surface area contributed by atoms with Gasteiger partial charge >= 0.3 is 0 Å². The van der Waals surface area contributed by atoms with E-state index in [4.69, 9.17) is 0 Å². The number of carbonyl (C=O) groups is 1. The zero-order valence-electron chi connectivity index (χ0n) is 11.2. The summed E-state index contributed by atoms with van der Waals surface area (Å²) in [6, 6.07) is 4.51. The van der Waals surface area contributed by atoms with Crippen LogP contribution in [0.1, 0.15) is 34.9 Å². The highest BCUT2D eigenvalue weighted by atomic mass is 79.9. The Hall–Kier alpha value is -1.60. The standard InChI is InChI=1S/C14H14BrFN4O/c15-9-1-2-12(16)11(7-9)14(21)13-8-20(19-18-13)10-3-5-17-6-4-10/h1-2,7-8,10,17H,3-6H2. The fourth-order valence-corrected chi connectivity index (χ4v) is 2.80. The fourth-order valence-electron chi connectivity index (χ4n) is 2.44. The van der Waals surface area contributed by atoms with Gasteiger partial charge in [-0.1, -0.05) is 21.1 Å². The summed E-state index contributed by atoms with van der Waals surface area (Å²) in [5.41, 5.74) is 0.173. The summed E-state index contributed by atoms with van der Waals surface area (Å²) in [5.74, 6) is -1.01. The molecule has 1 aliphatic rings. The molecule has 0 radical (unpaired) electrons. The van der Waals surface area contributed by atoms with E-state index >= 15 is 0 Å². The molecule has 0 saturated carbocycles. The second-order valence-electron chi connectivity index (χ2n) is 5.02. The van der Waals surface area contributed by atoms with Crippen LogP contribution in [-0.4, -0.2) is 33.9 Å². The van der Waals surface area contributed by atoms with Crippen LogP contribution >= 0.6 is 15.9 Å².